The van der Waals surface area contributed by atoms with Gasteiger partial charge in [-0.1, -0.05) is 42.8 Å². The van der Waals surface area contributed by atoms with E-state index in [0.717, 1.165) is 17.8 Å². The summed E-state index contributed by atoms with van der Waals surface area (Å²) in [5.41, 5.74) is 9.18. The molecule has 0 spiro atoms. The normalized spacial score (nSPS) is 16.9. The molecule has 3 heterocycles. The average Bonchev–Trinajstić information content (AvgIpc) is 3.44. The summed E-state index contributed by atoms with van der Waals surface area (Å²) in [5.74, 6) is 0.614. The van der Waals surface area contributed by atoms with E-state index in [1.165, 1.54) is 33.8 Å². The molecule has 40 heavy (non-hydrogen) atoms. The second kappa shape index (κ2) is 12.0. The fourth-order valence-electron chi connectivity index (χ4n) is 5.70. The van der Waals surface area contributed by atoms with Crippen molar-refractivity contribution in [3.8, 4) is 11.4 Å². The van der Waals surface area contributed by atoms with Crippen LogP contribution in [0, 0.1) is 20.8 Å². The molecule has 2 aromatic carbocycles. The molecule has 1 N–H and O–H groups in total. The molecule has 208 valence electrons. The minimum Gasteiger partial charge on any atom is -0.490 e. The van der Waals surface area contributed by atoms with Crippen molar-refractivity contribution in [3.63, 3.8) is 0 Å². The van der Waals surface area contributed by atoms with Gasteiger partial charge in [-0.05, 0) is 92.5 Å². The summed E-state index contributed by atoms with van der Waals surface area (Å²) in [6, 6.07) is 20.3. The Morgan fingerprint density at radius 1 is 1.02 bits per heavy atom. The summed E-state index contributed by atoms with van der Waals surface area (Å²) < 4.78 is 13.3. The monoisotopic (exact) mass is 574 g/mol. The lowest BCUT2D eigenvalue weighted by atomic mass is 9.96. The third-order valence-corrected chi connectivity index (χ3v) is 8.16. The lowest BCUT2D eigenvalue weighted by Gasteiger charge is -2.28. The molecule has 5 rings (SSSR count). The second-order valence-corrected chi connectivity index (χ2v) is 10.8. The van der Waals surface area contributed by atoms with Crippen molar-refractivity contribution in [2.75, 3.05) is 25.2 Å². The van der Waals surface area contributed by atoms with E-state index in [9.17, 15) is 0 Å². The van der Waals surface area contributed by atoms with Crippen molar-refractivity contribution < 1.29 is 9.47 Å². The minimum absolute atomic E-state index is 0.146. The molecular formula is C32H35ClN4O2S. The van der Waals surface area contributed by atoms with Crippen LogP contribution in [0.2, 0.25) is 5.02 Å². The zero-order valence-electron chi connectivity index (χ0n) is 23.6. The van der Waals surface area contributed by atoms with E-state index < -0.39 is 0 Å². The van der Waals surface area contributed by atoms with Gasteiger partial charge in [0.15, 0.2) is 5.11 Å². The second-order valence-electron chi connectivity index (χ2n) is 10.1. The van der Waals surface area contributed by atoms with Crippen LogP contribution in [-0.4, -0.2) is 35.0 Å². The Bertz CT molecular complexity index is 1520. The molecule has 1 fully saturated rings. The molecule has 8 heteroatoms. The maximum absolute atomic E-state index is 6.70. The number of thiocarbonyl (C=S) groups is 1. The summed E-state index contributed by atoms with van der Waals surface area (Å²) in [5, 5.41) is 4.72. The third kappa shape index (κ3) is 5.21. The van der Waals surface area contributed by atoms with Crippen molar-refractivity contribution in [2.45, 2.75) is 46.2 Å². The van der Waals surface area contributed by atoms with E-state index in [1.807, 2.05) is 42.6 Å². The highest BCUT2D eigenvalue weighted by atomic mass is 35.5. The number of hydrogen-bond acceptors (Lipinski definition) is 4. The number of pyridine rings is 1. The van der Waals surface area contributed by atoms with Gasteiger partial charge in [0.2, 0.25) is 0 Å². The number of ether oxygens (including phenoxy) is 2. The van der Waals surface area contributed by atoms with Gasteiger partial charge < -0.3 is 24.3 Å². The first-order valence-corrected chi connectivity index (χ1v) is 14.3. The molecule has 0 aliphatic carbocycles. The largest absolute Gasteiger partial charge is 0.490 e. The van der Waals surface area contributed by atoms with Gasteiger partial charge in [-0.15, -0.1) is 0 Å². The van der Waals surface area contributed by atoms with Gasteiger partial charge in [0, 0.05) is 30.4 Å². The van der Waals surface area contributed by atoms with Gasteiger partial charge >= 0.3 is 0 Å². The molecule has 0 saturated carbocycles. The average molecular weight is 575 g/mol. The zero-order chi connectivity index (χ0) is 28.4. The van der Waals surface area contributed by atoms with Crippen LogP contribution >= 0.6 is 23.8 Å². The number of methoxy groups -OCH3 is 1. The number of aryl methyl sites for hydroxylation is 3. The topological polar surface area (TPSA) is 51.6 Å². The molecule has 2 atom stereocenters. The molecule has 2 unspecified atom stereocenters. The Kier molecular flexibility index (Phi) is 8.45. The number of para-hydroxylation sites is 1. The van der Waals surface area contributed by atoms with Gasteiger partial charge in [-0.25, -0.2) is 0 Å². The number of rotatable bonds is 9. The molecule has 1 saturated heterocycles. The standard InChI is InChI=1S/C32H35ClN4O2S/c1-6-23-11-9-10-20(2)30(23)36-21(3)18-25(22(36)4)31-29(27-12-7-8-15-34-27)35-32(40)37(31)24-13-14-28(26(33)19-24)39-17-16-38-5/h7-15,18-19,29,31H,6,16-17H2,1-5H3,(H,35,40). The van der Waals surface area contributed by atoms with Crippen molar-refractivity contribution in [2.24, 2.45) is 0 Å². The van der Waals surface area contributed by atoms with E-state index in [2.05, 4.69) is 66.7 Å². The molecular weight excluding hydrogens is 540 g/mol. The number of nitrogens with one attached hydrogen (secondary N) is 1. The Labute approximate surface area is 246 Å². The summed E-state index contributed by atoms with van der Waals surface area (Å²) in [6.07, 6.45) is 2.78. The van der Waals surface area contributed by atoms with E-state index in [0.29, 0.717) is 29.1 Å². The highest BCUT2D eigenvalue weighted by Gasteiger charge is 2.42. The minimum atomic E-state index is -0.151. The van der Waals surface area contributed by atoms with E-state index in [1.54, 1.807) is 7.11 Å². The third-order valence-electron chi connectivity index (χ3n) is 7.55. The van der Waals surface area contributed by atoms with Crippen LogP contribution in [0.4, 0.5) is 5.69 Å². The first-order chi connectivity index (χ1) is 19.3. The molecule has 0 bridgehead atoms. The first kappa shape index (κ1) is 28.1. The molecule has 4 aromatic rings. The van der Waals surface area contributed by atoms with Crippen LogP contribution in [0.5, 0.6) is 5.75 Å². The number of benzene rings is 2. The smallest absolute Gasteiger partial charge is 0.174 e. The van der Waals surface area contributed by atoms with Gasteiger partial charge in [0.1, 0.15) is 12.4 Å². The number of halogens is 1. The Morgan fingerprint density at radius 2 is 1.85 bits per heavy atom. The van der Waals surface area contributed by atoms with E-state index >= 15 is 0 Å². The van der Waals surface area contributed by atoms with E-state index in [4.69, 9.17) is 38.3 Å². The molecule has 1 aliphatic heterocycles. The van der Waals surface area contributed by atoms with Gasteiger partial charge in [0.25, 0.3) is 0 Å². The summed E-state index contributed by atoms with van der Waals surface area (Å²) in [4.78, 5) is 6.87. The number of nitrogens with zero attached hydrogens (tertiary/aromatic N) is 3. The van der Waals surface area contributed by atoms with Gasteiger partial charge in [0.05, 0.1) is 35.1 Å². The maximum Gasteiger partial charge on any atom is 0.174 e. The number of aromatic nitrogens is 2. The Morgan fingerprint density at radius 3 is 2.55 bits per heavy atom. The van der Waals surface area contributed by atoms with Crippen LogP contribution < -0.4 is 15.0 Å². The Hall–Kier alpha value is -3.39. The molecule has 1 aliphatic rings. The fourth-order valence-corrected chi connectivity index (χ4v) is 6.27. The van der Waals surface area contributed by atoms with Gasteiger partial charge in [-0.2, -0.15) is 0 Å². The number of hydrogen-bond donors (Lipinski definition) is 1. The highest BCUT2D eigenvalue weighted by molar-refractivity contribution is 7.80. The molecule has 6 nitrogen and oxygen atoms in total. The maximum atomic E-state index is 6.70. The van der Waals surface area contributed by atoms with Crippen LogP contribution in [0.15, 0.2) is 66.9 Å². The van der Waals surface area contributed by atoms with Crippen LogP contribution in [-0.2, 0) is 11.2 Å². The predicted octanol–water partition coefficient (Wildman–Crippen LogP) is 7.22. The number of anilines is 1. The van der Waals surface area contributed by atoms with Crippen molar-refractivity contribution >= 4 is 34.6 Å². The molecule has 0 amide bonds. The predicted molar refractivity (Wildman–Crippen MR) is 166 cm³/mol. The van der Waals surface area contributed by atoms with Crippen molar-refractivity contribution in [3.05, 3.63) is 106 Å². The zero-order valence-corrected chi connectivity index (χ0v) is 25.1. The van der Waals surface area contributed by atoms with E-state index in [-0.39, 0.29) is 12.1 Å². The highest BCUT2D eigenvalue weighted by Crippen LogP contribution is 2.45. The van der Waals surface area contributed by atoms with Gasteiger partial charge in [-0.3, -0.25) is 4.98 Å². The van der Waals surface area contributed by atoms with Crippen molar-refractivity contribution in [1.82, 2.24) is 14.9 Å². The summed E-state index contributed by atoms with van der Waals surface area (Å²) >= 11 is 12.7. The SMILES string of the molecule is CCc1cccc(C)c1-n1c(C)cc(C2C(c3ccccn3)NC(=S)N2c2ccc(OCCOC)c(Cl)c2)c1C. The summed E-state index contributed by atoms with van der Waals surface area (Å²) in [7, 11) is 1.65. The lowest BCUT2D eigenvalue weighted by Crippen LogP contribution is -2.29. The molecule has 0 radical (unpaired) electrons. The summed E-state index contributed by atoms with van der Waals surface area (Å²) in [6.45, 7) is 9.67. The first-order valence-electron chi connectivity index (χ1n) is 13.5. The fraction of sp³-hybridized carbons (Fsp3) is 0.312. The van der Waals surface area contributed by atoms with Crippen molar-refractivity contribution in [1.29, 1.82) is 0 Å². The van der Waals surface area contributed by atoms with Crippen LogP contribution in [0.3, 0.4) is 0 Å². The molecule has 2 aromatic heterocycles. The Balaban J connectivity index is 1.64. The quantitative estimate of drug-likeness (QED) is 0.168. The lowest BCUT2D eigenvalue weighted by molar-refractivity contribution is 0.146. The van der Waals surface area contributed by atoms with Crippen LogP contribution in [0.25, 0.3) is 5.69 Å². The van der Waals surface area contributed by atoms with Crippen LogP contribution in [0.1, 0.15) is 52.8 Å².